The van der Waals surface area contributed by atoms with Gasteiger partial charge in [-0.1, -0.05) is 26.0 Å². The van der Waals surface area contributed by atoms with Gasteiger partial charge in [0.05, 0.1) is 12.7 Å². The Bertz CT molecular complexity index is 1370. The van der Waals surface area contributed by atoms with E-state index < -0.39 is 15.4 Å². The topological polar surface area (TPSA) is 91.8 Å². The summed E-state index contributed by atoms with van der Waals surface area (Å²) < 4.78 is 32.3. The van der Waals surface area contributed by atoms with Crippen LogP contribution in [-0.2, 0) is 15.4 Å². The third-order valence-electron chi connectivity index (χ3n) is 5.93. The molecule has 0 saturated heterocycles. The van der Waals surface area contributed by atoms with Crippen molar-refractivity contribution in [2.24, 2.45) is 4.99 Å². The third kappa shape index (κ3) is 3.01. The molecule has 0 spiro atoms. The van der Waals surface area contributed by atoms with Crippen LogP contribution in [0.2, 0.25) is 0 Å². The lowest BCUT2D eigenvalue weighted by Gasteiger charge is -2.33. The summed E-state index contributed by atoms with van der Waals surface area (Å²) in [5.41, 5.74) is 3.67. The second kappa shape index (κ2) is 7.03. The van der Waals surface area contributed by atoms with Gasteiger partial charge in [-0.15, -0.1) is 0 Å². The molecule has 7 nitrogen and oxygen atoms in total. The van der Waals surface area contributed by atoms with Crippen LogP contribution in [0.3, 0.4) is 0 Å². The van der Waals surface area contributed by atoms with Crippen LogP contribution in [0.15, 0.2) is 40.2 Å². The first-order valence-electron chi connectivity index (χ1n) is 9.82. The van der Waals surface area contributed by atoms with Crippen LogP contribution in [-0.4, -0.2) is 58.0 Å². The number of methoxy groups -OCH3 is 1. The average Bonchev–Trinajstić information content (AvgIpc) is 3.11. The second-order valence-corrected chi connectivity index (χ2v) is 10.5. The monoisotopic (exact) mass is 439 g/mol. The van der Waals surface area contributed by atoms with E-state index in [9.17, 15) is 13.2 Å². The Hall–Kier alpha value is -2.97. The van der Waals surface area contributed by atoms with Gasteiger partial charge in [-0.05, 0) is 29.3 Å². The van der Waals surface area contributed by atoms with E-state index >= 15 is 0 Å². The standard InChI is InChI=1S/C23H25N3O4S/c1-23(2)16-11-18(30-6)19(31(28,29)26(4)5)10-15(16)21(27)20-14-8-7-13(12-24-3)9-17(14)25-22(20)23/h7-12,25H,1-6H3/b24-12-. The number of hydrogen-bond acceptors (Lipinski definition) is 5. The lowest BCUT2D eigenvalue weighted by Crippen LogP contribution is -2.31. The van der Waals surface area contributed by atoms with E-state index in [1.807, 2.05) is 32.0 Å². The number of nitrogens with zero attached hydrogens (tertiary/aromatic N) is 2. The van der Waals surface area contributed by atoms with Crippen molar-refractivity contribution in [2.45, 2.75) is 24.2 Å². The van der Waals surface area contributed by atoms with Gasteiger partial charge in [0.25, 0.3) is 0 Å². The summed E-state index contributed by atoms with van der Waals surface area (Å²) in [7, 11) is 2.25. The fourth-order valence-corrected chi connectivity index (χ4v) is 5.30. The van der Waals surface area contributed by atoms with Crippen molar-refractivity contribution < 1.29 is 17.9 Å². The maximum absolute atomic E-state index is 13.6. The van der Waals surface area contributed by atoms with Crippen LogP contribution < -0.4 is 4.74 Å². The first kappa shape index (κ1) is 21.3. The first-order chi connectivity index (χ1) is 14.5. The number of fused-ring (bicyclic) bond motifs is 4. The zero-order valence-corrected chi connectivity index (χ0v) is 19.2. The van der Waals surface area contributed by atoms with Crippen LogP contribution in [0.5, 0.6) is 5.75 Å². The molecule has 0 atom stereocenters. The molecule has 1 heterocycles. The van der Waals surface area contributed by atoms with Gasteiger partial charge in [-0.3, -0.25) is 9.79 Å². The van der Waals surface area contributed by atoms with Crippen molar-refractivity contribution in [1.82, 2.24) is 9.29 Å². The molecule has 1 N–H and O–H groups in total. The summed E-state index contributed by atoms with van der Waals surface area (Å²) in [4.78, 5) is 21.1. The lowest BCUT2D eigenvalue weighted by atomic mass is 9.71. The van der Waals surface area contributed by atoms with Crippen LogP contribution in [0.1, 0.15) is 46.6 Å². The van der Waals surface area contributed by atoms with Gasteiger partial charge < -0.3 is 9.72 Å². The molecule has 1 aromatic heterocycles. The first-order valence-corrected chi connectivity index (χ1v) is 11.3. The molecule has 2 aromatic carbocycles. The summed E-state index contributed by atoms with van der Waals surface area (Å²) >= 11 is 0. The largest absolute Gasteiger partial charge is 0.495 e. The third-order valence-corrected chi connectivity index (χ3v) is 7.77. The average molecular weight is 440 g/mol. The Morgan fingerprint density at radius 2 is 1.87 bits per heavy atom. The fourth-order valence-electron chi connectivity index (χ4n) is 4.24. The van der Waals surface area contributed by atoms with Gasteiger partial charge in [0.1, 0.15) is 10.6 Å². The molecule has 0 unspecified atom stereocenters. The number of rotatable bonds is 4. The number of nitrogens with one attached hydrogen (secondary N) is 1. The normalized spacial score (nSPS) is 15.5. The van der Waals surface area contributed by atoms with Gasteiger partial charge in [0.2, 0.25) is 10.0 Å². The van der Waals surface area contributed by atoms with E-state index in [1.165, 1.54) is 27.3 Å². The maximum Gasteiger partial charge on any atom is 0.246 e. The zero-order chi connectivity index (χ0) is 22.7. The molecule has 0 fully saturated rings. The highest BCUT2D eigenvalue weighted by Gasteiger charge is 2.41. The van der Waals surface area contributed by atoms with Crippen molar-refractivity contribution >= 4 is 32.9 Å². The molecule has 1 aliphatic carbocycles. The van der Waals surface area contributed by atoms with Gasteiger partial charge >= 0.3 is 0 Å². The summed E-state index contributed by atoms with van der Waals surface area (Å²) in [6, 6.07) is 8.90. The van der Waals surface area contributed by atoms with Gasteiger partial charge in [-0.2, -0.15) is 0 Å². The minimum atomic E-state index is -3.80. The zero-order valence-electron chi connectivity index (χ0n) is 18.4. The SMILES string of the molecule is C/N=C\c1ccc2c3c([nH]c2c1)C(C)(C)c1cc(OC)c(S(=O)(=O)N(C)C)cc1C3=O. The molecular weight excluding hydrogens is 414 g/mol. The van der Waals surface area contributed by atoms with Crippen LogP contribution in [0.4, 0.5) is 0 Å². The van der Waals surface area contributed by atoms with E-state index in [-0.39, 0.29) is 16.4 Å². The number of aromatic nitrogens is 1. The molecule has 0 aliphatic heterocycles. The molecule has 0 bridgehead atoms. The minimum Gasteiger partial charge on any atom is -0.495 e. The summed E-state index contributed by atoms with van der Waals surface area (Å²) in [6.45, 7) is 4.03. The van der Waals surface area contributed by atoms with Crippen LogP contribution >= 0.6 is 0 Å². The fraction of sp³-hybridized carbons (Fsp3) is 0.304. The Morgan fingerprint density at radius 3 is 2.48 bits per heavy atom. The van der Waals surface area contributed by atoms with Crippen molar-refractivity contribution in [3.63, 3.8) is 0 Å². The molecule has 8 heteroatoms. The number of hydrogen-bond donors (Lipinski definition) is 1. The number of ketones is 1. The predicted molar refractivity (Wildman–Crippen MR) is 121 cm³/mol. The molecule has 1 aliphatic rings. The van der Waals surface area contributed by atoms with E-state index in [4.69, 9.17) is 4.74 Å². The Morgan fingerprint density at radius 1 is 1.16 bits per heavy atom. The van der Waals surface area contributed by atoms with E-state index in [1.54, 1.807) is 19.3 Å². The number of ether oxygens (including phenoxy) is 1. The lowest BCUT2D eigenvalue weighted by molar-refractivity contribution is 0.103. The Balaban J connectivity index is 2.03. The Labute approximate surface area is 181 Å². The highest BCUT2D eigenvalue weighted by Crippen LogP contribution is 2.46. The summed E-state index contributed by atoms with van der Waals surface area (Å²) in [5, 5.41) is 0.805. The molecule has 162 valence electrons. The number of aliphatic imine (C=N–C) groups is 1. The number of carbonyl (C=O) groups is 1. The molecule has 4 rings (SSSR count). The quantitative estimate of drug-likeness (QED) is 0.631. The van der Waals surface area contributed by atoms with Gasteiger partial charge in [0.15, 0.2) is 5.78 Å². The number of sulfonamides is 1. The highest BCUT2D eigenvalue weighted by atomic mass is 32.2. The van der Waals surface area contributed by atoms with Crippen LogP contribution in [0.25, 0.3) is 10.9 Å². The Kier molecular flexibility index (Phi) is 4.83. The van der Waals surface area contributed by atoms with Gasteiger partial charge in [-0.25, -0.2) is 12.7 Å². The van der Waals surface area contributed by atoms with Crippen molar-refractivity contribution in [3.8, 4) is 5.75 Å². The molecule has 31 heavy (non-hydrogen) atoms. The predicted octanol–water partition coefficient (Wildman–Crippen LogP) is 3.35. The van der Waals surface area contributed by atoms with Crippen molar-refractivity contribution in [3.05, 3.63) is 58.3 Å². The second-order valence-electron chi connectivity index (χ2n) is 8.36. The molecule has 0 radical (unpaired) electrons. The molecule has 0 amide bonds. The molecule has 0 saturated carbocycles. The maximum atomic E-state index is 13.6. The van der Waals surface area contributed by atoms with E-state index in [2.05, 4.69) is 9.98 Å². The van der Waals surface area contributed by atoms with Gasteiger partial charge in [0, 0.05) is 54.9 Å². The number of H-pyrrole nitrogens is 1. The highest BCUT2D eigenvalue weighted by molar-refractivity contribution is 7.89. The molecule has 3 aromatic rings. The minimum absolute atomic E-state index is 0.0207. The van der Waals surface area contributed by atoms with E-state index in [0.717, 1.165) is 32.0 Å². The summed E-state index contributed by atoms with van der Waals surface area (Å²) in [6.07, 6.45) is 1.75. The number of carbonyl (C=O) groups excluding carboxylic acids is 1. The number of aromatic amines is 1. The molecular formula is C23H25N3O4S. The van der Waals surface area contributed by atoms with E-state index in [0.29, 0.717) is 11.1 Å². The summed E-state index contributed by atoms with van der Waals surface area (Å²) in [5.74, 6) is 0.0136. The van der Waals surface area contributed by atoms with Crippen LogP contribution in [0, 0.1) is 0 Å². The van der Waals surface area contributed by atoms with Crippen molar-refractivity contribution in [2.75, 3.05) is 28.3 Å². The number of benzene rings is 2. The van der Waals surface area contributed by atoms with Crippen molar-refractivity contribution in [1.29, 1.82) is 0 Å². The smallest absolute Gasteiger partial charge is 0.246 e.